The molecule has 2 aliphatic rings. The van der Waals surface area contributed by atoms with Gasteiger partial charge in [-0.15, -0.1) is 0 Å². The second kappa shape index (κ2) is 3.91. The lowest BCUT2D eigenvalue weighted by Crippen LogP contribution is -2.54. The molecule has 0 radical (unpaired) electrons. The molecule has 0 unspecified atom stereocenters. The number of fused-ring (bicyclic) bond motifs is 2. The molecular formula is C12H22N2O2. The number of carbonyl (C=O) groups is 1. The average Bonchev–Trinajstić information content (AvgIpc) is 2.46. The Morgan fingerprint density at radius 2 is 1.88 bits per heavy atom. The molecule has 0 aromatic rings. The fourth-order valence-corrected chi connectivity index (χ4v) is 2.79. The topological polar surface area (TPSA) is 55.6 Å². The predicted molar refractivity (Wildman–Crippen MR) is 62.1 cm³/mol. The van der Waals surface area contributed by atoms with Crippen molar-refractivity contribution < 1.29 is 9.53 Å². The molecular weight excluding hydrogens is 204 g/mol. The van der Waals surface area contributed by atoms with Crippen molar-refractivity contribution in [1.82, 2.24) is 4.90 Å². The fourth-order valence-electron chi connectivity index (χ4n) is 2.79. The van der Waals surface area contributed by atoms with Crippen LogP contribution in [0.2, 0.25) is 0 Å². The molecule has 0 aromatic carbocycles. The minimum absolute atomic E-state index is 0.131. The Morgan fingerprint density at radius 1 is 1.25 bits per heavy atom. The van der Waals surface area contributed by atoms with Gasteiger partial charge in [0.15, 0.2) is 0 Å². The molecule has 4 heteroatoms. The standard InChI is InChI=1S/C12H22N2O2/c1-12(2,3)16-11(15)14-8-4-6-9(13)10(14)7-5-8/h8-10H,4-7,13H2,1-3H3/t8-,9-,10+/m1/s1. The van der Waals surface area contributed by atoms with Crippen LogP contribution in [0.25, 0.3) is 0 Å². The Balaban J connectivity index is 2.07. The summed E-state index contributed by atoms with van der Waals surface area (Å²) in [7, 11) is 0. The van der Waals surface area contributed by atoms with Gasteiger partial charge in [0.05, 0.1) is 6.04 Å². The van der Waals surface area contributed by atoms with Gasteiger partial charge >= 0.3 is 6.09 Å². The highest BCUT2D eigenvalue weighted by Crippen LogP contribution is 2.35. The number of nitrogens with two attached hydrogens (primary N) is 1. The molecule has 2 bridgehead atoms. The summed E-state index contributed by atoms with van der Waals surface area (Å²) in [5, 5.41) is 0. The fraction of sp³-hybridized carbons (Fsp3) is 0.917. The lowest BCUT2D eigenvalue weighted by Gasteiger charge is -2.39. The zero-order chi connectivity index (χ0) is 11.9. The van der Waals surface area contributed by atoms with E-state index in [2.05, 4.69) is 0 Å². The second-order valence-corrected chi connectivity index (χ2v) is 5.93. The van der Waals surface area contributed by atoms with Gasteiger partial charge in [0.25, 0.3) is 0 Å². The Labute approximate surface area is 97.1 Å². The van der Waals surface area contributed by atoms with Crippen LogP contribution in [0.1, 0.15) is 46.5 Å². The van der Waals surface area contributed by atoms with Crippen LogP contribution in [-0.2, 0) is 4.74 Å². The van der Waals surface area contributed by atoms with E-state index in [1.807, 2.05) is 25.7 Å². The van der Waals surface area contributed by atoms with Gasteiger partial charge in [0.1, 0.15) is 5.60 Å². The van der Waals surface area contributed by atoms with Crippen LogP contribution >= 0.6 is 0 Å². The smallest absolute Gasteiger partial charge is 0.410 e. The van der Waals surface area contributed by atoms with E-state index in [1.54, 1.807) is 0 Å². The first-order chi connectivity index (χ1) is 7.38. The summed E-state index contributed by atoms with van der Waals surface area (Å²) in [6.07, 6.45) is 3.99. The van der Waals surface area contributed by atoms with Gasteiger partial charge in [-0.05, 0) is 46.5 Å². The summed E-state index contributed by atoms with van der Waals surface area (Å²) in [5.41, 5.74) is 5.64. The third-order valence-corrected chi connectivity index (χ3v) is 3.48. The third-order valence-electron chi connectivity index (χ3n) is 3.48. The van der Waals surface area contributed by atoms with Crippen LogP contribution in [0.15, 0.2) is 0 Å². The minimum atomic E-state index is -0.419. The first-order valence-electron chi connectivity index (χ1n) is 6.15. The van der Waals surface area contributed by atoms with Crippen LogP contribution in [0.4, 0.5) is 4.79 Å². The molecule has 2 rings (SSSR count). The lowest BCUT2D eigenvalue weighted by atomic mass is 9.99. The van der Waals surface area contributed by atoms with E-state index in [4.69, 9.17) is 10.5 Å². The maximum absolute atomic E-state index is 12.1. The summed E-state index contributed by atoms with van der Waals surface area (Å²) in [6.45, 7) is 5.70. The number of rotatable bonds is 0. The molecule has 0 aliphatic carbocycles. The zero-order valence-corrected chi connectivity index (χ0v) is 10.4. The molecule has 2 aliphatic heterocycles. The molecule has 2 N–H and O–H groups in total. The van der Waals surface area contributed by atoms with Crippen LogP contribution in [0.5, 0.6) is 0 Å². The van der Waals surface area contributed by atoms with E-state index in [0.29, 0.717) is 6.04 Å². The van der Waals surface area contributed by atoms with Gasteiger partial charge in [-0.1, -0.05) is 0 Å². The Morgan fingerprint density at radius 3 is 2.50 bits per heavy atom. The summed E-state index contributed by atoms with van der Waals surface area (Å²) >= 11 is 0. The molecule has 3 atom stereocenters. The van der Waals surface area contributed by atoms with Crippen LogP contribution in [0, 0.1) is 0 Å². The van der Waals surface area contributed by atoms with E-state index in [1.165, 1.54) is 0 Å². The number of hydrogen-bond donors (Lipinski definition) is 1. The number of piperidine rings is 1. The van der Waals surface area contributed by atoms with Crippen LogP contribution in [0.3, 0.4) is 0 Å². The van der Waals surface area contributed by atoms with Gasteiger partial charge in [0, 0.05) is 12.1 Å². The van der Waals surface area contributed by atoms with Crippen molar-refractivity contribution >= 4 is 6.09 Å². The monoisotopic (exact) mass is 226 g/mol. The highest BCUT2D eigenvalue weighted by atomic mass is 16.6. The zero-order valence-electron chi connectivity index (χ0n) is 10.4. The minimum Gasteiger partial charge on any atom is -0.444 e. The number of hydrogen-bond acceptors (Lipinski definition) is 3. The van der Waals surface area contributed by atoms with Crippen molar-refractivity contribution in [3.8, 4) is 0 Å². The molecule has 4 nitrogen and oxygen atoms in total. The normalized spacial score (nSPS) is 34.0. The second-order valence-electron chi connectivity index (χ2n) is 5.93. The van der Waals surface area contributed by atoms with Crippen molar-refractivity contribution in [2.24, 2.45) is 5.73 Å². The van der Waals surface area contributed by atoms with Gasteiger partial charge in [0.2, 0.25) is 0 Å². The maximum Gasteiger partial charge on any atom is 0.410 e. The molecule has 2 fully saturated rings. The molecule has 1 amide bonds. The highest BCUT2D eigenvalue weighted by molar-refractivity contribution is 5.69. The number of amides is 1. The van der Waals surface area contributed by atoms with E-state index >= 15 is 0 Å². The molecule has 0 aromatic heterocycles. The Kier molecular flexibility index (Phi) is 2.86. The van der Waals surface area contributed by atoms with Crippen molar-refractivity contribution in [2.75, 3.05) is 0 Å². The van der Waals surface area contributed by atoms with E-state index in [0.717, 1.165) is 25.7 Å². The summed E-state index contributed by atoms with van der Waals surface area (Å²) in [5.74, 6) is 0. The van der Waals surface area contributed by atoms with Gasteiger partial charge in [-0.2, -0.15) is 0 Å². The van der Waals surface area contributed by atoms with Gasteiger partial charge in [-0.3, -0.25) is 0 Å². The van der Waals surface area contributed by atoms with Gasteiger partial charge < -0.3 is 15.4 Å². The molecule has 0 saturated carbocycles. The van der Waals surface area contributed by atoms with Crippen molar-refractivity contribution in [1.29, 1.82) is 0 Å². The highest BCUT2D eigenvalue weighted by Gasteiger charge is 2.44. The molecule has 2 saturated heterocycles. The van der Waals surface area contributed by atoms with Gasteiger partial charge in [-0.25, -0.2) is 4.79 Å². The number of nitrogens with zero attached hydrogens (tertiary/aromatic N) is 1. The van der Waals surface area contributed by atoms with Crippen molar-refractivity contribution in [2.45, 2.75) is 70.2 Å². The summed E-state index contributed by atoms with van der Waals surface area (Å²) in [6, 6.07) is 0.694. The number of carbonyl (C=O) groups excluding carboxylic acids is 1. The predicted octanol–water partition coefficient (Wildman–Crippen LogP) is 1.88. The van der Waals surface area contributed by atoms with E-state index in [-0.39, 0.29) is 18.2 Å². The first kappa shape index (κ1) is 11.7. The third kappa shape index (κ3) is 2.17. The lowest BCUT2D eigenvalue weighted by molar-refractivity contribution is 0.00505. The SMILES string of the molecule is CC(C)(C)OC(=O)N1[C@@H]2CC[C@@H](N)[C@@H]1CC2. The quantitative estimate of drug-likeness (QED) is 0.686. The number of ether oxygens (including phenoxy) is 1. The van der Waals surface area contributed by atoms with Crippen LogP contribution < -0.4 is 5.73 Å². The largest absolute Gasteiger partial charge is 0.444 e. The summed E-state index contributed by atoms with van der Waals surface area (Å²) in [4.78, 5) is 14.0. The Hall–Kier alpha value is -0.770. The molecule has 92 valence electrons. The van der Waals surface area contributed by atoms with Crippen molar-refractivity contribution in [3.05, 3.63) is 0 Å². The van der Waals surface area contributed by atoms with E-state index < -0.39 is 5.60 Å². The Bertz CT molecular complexity index is 285. The average molecular weight is 226 g/mol. The van der Waals surface area contributed by atoms with Crippen LogP contribution in [-0.4, -0.2) is 34.7 Å². The first-order valence-corrected chi connectivity index (χ1v) is 6.15. The molecule has 16 heavy (non-hydrogen) atoms. The molecule has 2 heterocycles. The summed E-state index contributed by atoms with van der Waals surface area (Å²) < 4.78 is 5.44. The maximum atomic E-state index is 12.1. The molecule has 0 spiro atoms. The van der Waals surface area contributed by atoms with Crippen molar-refractivity contribution in [3.63, 3.8) is 0 Å². The van der Waals surface area contributed by atoms with E-state index in [9.17, 15) is 4.79 Å².